The number of nitrogens with two attached hydrogens (primary N) is 3. The molecule has 12 nitrogen and oxygen atoms in total. The number of hydrogen-bond donors (Lipinski definition) is 6. The molecule has 0 aliphatic heterocycles. The largest absolute Gasteiger partial charge is 0.480 e. The summed E-state index contributed by atoms with van der Waals surface area (Å²) in [5, 5.41) is 29.1. The van der Waals surface area contributed by atoms with E-state index in [1.807, 2.05) is 22.1 Å². The topological polar surface area (TPSA) is 220 Å². The van der Waals surface area contributed by atoms with Crippen molar-refractivity contribution >= 4 is 41.3 Å². The van der Waals surface area contributed by atoms with Crippen LogP contribution in [0.4, 0.5) is 0 Å². The zero-order valence-electron chi connectivity index (χ0n) is 23.5. The van der Waals surface area contributed by atoms with E-state index in [1.54, 1.807) is 36.5 Å². The van der Waals surface area contributed by atoms with Crippen molar-refractivity contribution in [1.29, 1.82) is 0 Å². The number of carboxylic acid groups (broad SMARTS) is 3. The number of rotatable bonds is 15. The average Bonchev–Trinajstić information content (AvgIpc) is 3.60. The fourth-order valence-corrected chi connectivity index (χ4v) is 4.53. The molecule has 0 aliphatic rings. The molecule has 226 valence electrons. The smallest absolute Gasteiger partial charge is 0.335 e. The number of imidazole rings is 1. The van der Waals surface area contributed by atoms with Crippen molar-refractivity contribution in [2.75, 3.05) is 6.54 Å². The van der Waals surface area contributed by atoms with E-state index in [2.05, 4.69) is 16.9 Å². The van der Waals surface area contributed by atoms with Crippen LogP contribution in [0.15, 0.2) is 58.5 Å². The molecule has 0 radical (unpaired) electrons. The zero-order valence-corrected chi connectivity index (χ0v) is 24.3. The monoisotopic (exact) mass is 598 g/mol. The minimum absolute atomic E-state index is 0.0129. The summed E-state index contributed by atoms with van der Waals surface area (Å²) in [7, 11) is 0. The Balaban J connectivity index is 0.000000435. The minimum Gasteiger partial charge on any atom is -0.480 e. The van der Waals surface area contributed by atoms with Gasteiger partial charge < -0.3 is 37.1 Å². The first kappa shape index (κ1) is 33.7. The van der Waals surface area contributed by atoms with Crippen molar-refractivity contribution in [2.45, 2.75) is 58.0 Å². The quantitative estimate of drug-likeness (QED) is 0.0649. The van der Waals surface area contributed by atoms with E-state index in [4.69, 9.17) is 27.4 Å². The molecule has 2 heterocycles. The Morgan fingerprint density at radius 2 is 1.81 bits per heavy atom. The van der Waals surface area contributed by atoms with E-state index in [0.29, 0.717) is 37.9 Å². The van der Waals surface area contributed by atoms with Crippen LogP contribution in [0.25, 0.3) is 6.08 Å². The zero-order chi connectivity index (χ0) is 31.1. The van der Waals surface area contributed by atoms with E-state index in [-0.39, 0.29) is 11.5 Å². The van der Waals surface area contributed by atoms with Crippen LogP contribution >= 0.6 is 11.3 Å². The van der Waals surface area contributed by atoms with Crippen LogP contribution in [0.1, 0.15) is 64.9 Å². The second-order valence-electron chi connectivity index (χ2n) is 9.42. The van der Waals surface area contributed by atoms with Gasteiger partial charge in [0.1, 0.15) is 11.9 Å². The maximum absolute atomic E-state index is 11.8. The fraction of sp³-hybridized carbons (Fsp3) is 0.345. The van der Waals surface area contributed by atoms with Gasteiger partial charge in [0.2, 0.25) is 0 Å². The normalized spacial score (nSPS) is 11.7. The second-order valence-corrected chi connectivity index (χ2v) is 10.4. The molecule has 9 N–H and O–H groups in total. The number of carbonyl (C=O) groups is 3. The van der Waals surface area contributed by atoms with E-state index >= 15 is 0 Å². The molecule has 13 heteroatoms. The van der Waals surface area contributed by atoms with Crippen LogP contribution in [-0.4, -0.2) is 61.3 Å². The lowest BCUT2D eigenvalue weighted by atomic mass is 10.1. The number of aromatic nitrogens is 2. The summed E-state index contributed by atoms with van der Waals surface area (Å²) in [4.78, 5) is 42.4. The Bertz CT molecular complexity index is 1360. The van der Waals surface area contributed by atoms with Gasteiger partial charge in [-0.1, -0.05) is 31.5 Å². The van der Waals surface area contributed by atoms with E-state index in [1.165, 1.54) is 11.3 Å². The predicted octanol–water partition coefficient (Wildman–Crippen LogP) is 3.20. The molecule has 2 aromatic heterocycles. The summed E-state index contributed by atoms with van der Waals surface area (Å²) in [6, 6.07) is 9.74. The first-order chi connectivity index (χ1) is 20.0. The lowest BCUT2D eigenvalue weighted by Crippen LogP contribution is -2.30. The number of aryl methyl sites for hydroxylation is 1. The van der Waals surface area contributed by atoms with Crippen molar-refractivity contribution in [2.24, 2.45) is 22.2 Å². The van der Waals surface area contributed by atoms with Crippen LogP contribution in [0.2, 0.25) is 0 Å². The standard InChI is InChI=1S/C23H24N2O4S.C6H14N4O2/c1-2-3-6-21-24-14-19(12-18(23(28)29)13-20-5-4-11-30-20)25(21)15-16-7-9-17(10-8-16)22(26)27;7-4(5(11)12)2-1-3-10-6(8)9/h4-5,7-12,14H,2-3,6,13,15H2,1H3,(H,26,27)(H,28,29);4H,1-3,7H2,(H,11,12)(H4,8,9,10)/b18-12+;. The molecule has 42 heavy (non-hydrogen) atoms. The summed E-state index contributed by atoms with van der Waals surface area (Å²) in [5.41, 5.74) is 17.5. The number of carboxylic acids is 3. The molecule has 1 unspecified atom stereocenters. The highest BCUT2D eigenvalue weighted by Crippen LogP contribution is 2.20. The Morgan fingerprint density at radius 1 is 1.10 bits per heavy atom. The minimum atomic E-state index is -1.00. The van der Waals surface area contributed by atoms with Gasteiger partial charge >= 0.3 is 17.9 Å². The third-order valence-electron chi connectivity index (χ3n) is 6.09. The van der Waals surface area contributed by atoms with Gasteiger partial charge in [0.15, 0.2) is 5.96 Å². The average molecular weight is 599 g/mol. The van der Waals surface area contributed by atoms with Crippen molar-refractivity contribution in [3.63, 3.8) is 0 Å². The van der Waals surface area contributed by atoms with Crippen molar-refractivity contribution in [3.8, 4) is 0 Å². The number of benzene rings is 1. The molecular weight excluding hydrogens is 560 g/mol. The number of nitrogens with zero attached hydrogens (tertiary/aromatic N) is 3. The maximum Gasteiger partial charge on any atom is 0.335 e. The molecule has 3 aromatic rings. The van der Waals surface area contributed by atoms with Crippen molar-refractivity contribution in [1.82, 2.24) is 9.55 Å². The molecule has 3 rings (SSSR count). The summed E-state index contributed by atoms with van der Waals surface area (Å²) >= 11 is 1.53. The number of guanidine groups is 1. The summed E-state index contributed by atoms with van der Waals surface area (Å²) < 4.78 is 2.02. The van der Waals surface area contributed by atoms with Crippen molar-refractivity contribution < 1.29 is 29.7 Å². The molecule has 0 amide bonds. The molecule has 0 aliphatic carbocycles. The highest BCUT2D eigenvalue weighted by molar-refractivity contribution is 7.09. The third kappa shape index (κ3) is 11.6. The van der Waals surface area contributed by atoms with E-state index < -0.39 is 23.9 Å². The summed E-state index contributed by atoms with van der Waals surface area (Å²) in [5.74, 6) is -2.00. The van der Waals surface area contributed by atoms with Crippen LogP contribution < -0.4 is 17.2 Å². The van der Waals surface area contributed by atoms with Gasteiger partial charge in [-0.15, -0.1) is 11.3 Å². The molecule has 1 atom stereocenters. The lowest BCUT2D eigenvalue weighted by molar-refractivity contribution is -0.138. The molecule has 0 bridgehead atoms. The van der Waals surface area contributed by atoms with Crippen LogP contribution in [0.3, 0.4) is 0 Å². The van der Waals surface area contributed by atoms with Crippen LogP contribution in [0, 0.1) is 0 Å². The van der Waals surface area contributed by atoms with Gasteiger partial charge in [0.05, 0.1) is 17.5 Å². The first-order valence-corrected chi connectivity index (χ1v) is 14.3. The van der Waals surface area contributed by atoms with Gasteiger partial charge in [-0.3, -0.25) is 9.79 Å². The lowest BCUT2D eigenvalue weighted by Gasteiger charge is -2.12. The Hall–Kier alpha value is -4.49. The molecule has 0 spiro atoms. The predicted molar refractivity (Wildman–Crippen MR) is 163 cm³/mol. The van der Waals surface area contributed by atoms with Gasteiger partial charge in [-0.2, -0.15) is 0 Å². The summed E-state index contributed by atoms with van der Waals surface area (Å²) in [6.07, 6.45) is 7.53. The Morgan fingerprint density at radius 3 is 2.36 bits per heavy atom. The van der Waals surface area contributed by atoms with E-state index in [0.717, 1.165) is 41.2 Å². The van der Waals surface area contributed by atoms with Crippen LogP contribution in [0.5, 0.6) is 0 Å². The molecule has 0 fully saturated rings. The Kier molecular flexibility index (Phi) is 13.9. The maximum atomic E-state index is 11.8. The number of thiophene rings is 1. The van der Waals surface area contributed by atoms with Gasteiger partial charge in [0, 0.05) is 36.4 Å². The number of aromatic carboxylic acids is 1. The van der Waals surface area contributed by atoms with Gasteiger partial charge in [-0.05, 0) is 54.5 Å². The number of hydrogen-bond acceptors (Lipinski definition) is 7. The van der Waals surface area contributed by atoms with E-state index in [9.17, 15) is 19.5 Å². The summed E-state index contributed by atoms with van der Waals surface area (Å²) in [6.45, 7) is 3.03. The molecule has 1 aromatic carbocycles. The Labute approximate surface area is 248 Å². The van der Waals surface area contributed by atoms with Crippen LogP contribution in [-0.2, 0) is 29.0 Å². The first-order valence-electron chi connectivity index (χ1n) is 13.4. The number of aliphatic carboxylic acids is 2. The molecule has 0 saturated heterocycles. The highest BCUT2D eigenvalue weighted by atomic mass is 32.1. The van der Waals surface area contributed by atoms with Gasteiger partial charge in [-0.25, -0.2) is 14.6 Å². The molecular formula is C29H38N6O6S. The van der Waals surface area contributed by atoms with Gasteiger partial charge in [0.25, 0.3) is 0 Å². The number of aliphatic imine (C=N–C) groups is 1. The SMILES string of the molecule is CCCCc1ncc(/C=C(\Cc2cccs2)C(=O)O)n1Cc1ccc(C(=O)O)cc1.NC(N)=NCCCC(N)C(=O)O. The second kappa shape index (κ2) is 17.4. The molecule has 0 saturated carbocycles. The third-order valence-corrected chi connectivity index (χ3v) is 6.97. The van der Waals surface area contributed by atoms with Crippen molar-refractivity contribution in [3.05, 3.63) is 81.1 Å². The fourth-order valence-electron chi connectivity index (χ4n) is 3.81. The number of unbranched alkanes of at least 4 members (excludes halogenated alkanes) is 1. The highest BCUT2D eigenvalue weighted by Gasteiger charge is 2.15.